The van der Waals surface area contributed by atoms with E-state index in [4.69, 9.17) is 5.73 Å². The normalized spacial score (nSPS) is 12.9. The molecule has 0 aliphatic carbocycles. The Balaban J connectivity index is 2.07. The summed E-state index contributed by atoms with van der Waals surface area (Å²) >= 11 is 4.04. The van der Waals surface area contributed by atoms with Crippen LogP contribution in [0, 0.1) is 2.88 Å². The van der Waals surface area contributed by atoms with Crippen LogP contribution in [0.1, 0.15) is 30.8 Å². The number of aromatic nitrogens is 3. The van der Waals surface area contributed by atoms with E-state index in [1.54, 1.807) is 17.7 Å². The zero-order valence-corrected chi connectivity index (χ0v) is 12.6. The number of nitrogens with two attached hydrogens (primary N) is 1. The second-order valence-corrected chi connectivity index (χ2v) is 6.70. The Bertz CT molecular complexity index is 479. The molecular weight excluding hydrogens is 347 g/mol. The second-order valence-electron chi connectivity index (χ2n) is 3.89. The first-order chi connectivity index (χ1) is 8.20. The molecule has 0 spiro atoms. The summed E-state index contributed by atoms with van der Waals surface area (Å²) in [5, 5.41) is 6.33. The molecule has 92 valence electrons. The van der Waals surface area contributed by atoms with Crippen LogP contribution in [-0.4, -0.2) is 14.8 Å². The molecule has 17 heavy (non-hydrogen) atoms. The third-order valence-electron chi connectivity index (χ3n) is 2.55. The average Bonchev–Trinajstić information content (AvgIpc) is 2.89. The summed E-state index contributed by atoms with van der Waals surface area (Å²) in [5.74, 6) is 0.973. The molecule has 0 amide bonds. The standard InChI is InChI=1S/C11H15IN4S/c1-2-3-16-11(14-7-15-16)5-9(13)8-4-10(12)17-6-8/h4,6-7,9H,2-3,5,13H2,1H3. The molecule has 2 rings (SSSR count). The van der Waals surface area contributed by atoms with Gasteiger partial charge in [-0.3, -0.25) is 4.68 Å². The largest absolute Gasteiger partial charge is 0.324 e. The highest BCUT2D eigenvalue weighted by Crippen LogP contribution is 2.22. The van der Waals surface area contributed by atoms with Gasteiger partial charge in [0.1, 0.15) is 12.2 Å². The molecule has 0 fully saturated rings. The van der Waals surface area contributed by atoms with Crippen LogP contribution in [0.25, 0.3) is 0 Å². The molecule has 0 bridgehead atoms. The molecule has 0 aromatic carbocycles. The second kappa shape index (κ2) is 5.92. The number of hydrogen-bond donors (Lipinski definition) is 1. The number of rotatable bonds is 5. The van der Waals surface area contributed by atoms with Crippen LogP contribution in [0.5, 0.6) is 0 Å². The van der Waals surface area contributed by atoms with Gasteiger partial charge in [-0.05, 0) is 46.0 Å². The predicted molar refractivity (Wildman–Crippen MR) is 78.0 cm³/mol. The first-order valence-corrected chi connectivity index (χ1v) is 7.52. The maximum atomic E-state index is 6.19. The molecule has 6 heteroatoms. The minimum Gasteiger partial charge on any atom is -0.324 e. The van der Waals surface area contributed by atoms with E-state index in [1.165, 1.54) is 8.45 Å². The van der Waals surface area contributed by atoms with Crippen molar-refractivity contribution in [3.8, 4) is 0 Å². The highest BCUT2D eigenvalue weighted by Gasteiger charge is 2.13. The van der Waals surface area contributed by atoms with Crippen molar-refractivity contribution in [2.75, 3.05) is 0 Å². The molecule has 1 unspecified atom stereocenters. The van der Waals surface area contributed by atoms with E-state index >= 15 is 0 Å². The van der Waals surface area contributed by atoms with E-state index in [2.05, 4.69) is 51.0 Å². The molecule has 0 saturated heterocycles. The van der Waals surface area contributed by atoms with E-state index in [-0.39, 0.29) is 6.04 Å². The number of nitrogens with zero attached hydrogens (tertiary/aromatic N) is 3. The first kappa shape index (κ1) is 13.0. The van der Waals surface area contributed by atoms with Gasteiger partial charge >= 0.3 is 0 Å². The monoisotopic (exact) mass is 362 g/mol. The SMILES string of the molecule is CCCn1ncnc1CC(N)c1csc(I)c1. The molecular formula is C11H15IN4S. The zero-order chi connectivity index (χ0) is 12.3. The number of aryl methyl sites for hydroxylation is 1. The Hall–Kier alpha value is -0.470. The van der Waals surface area contributed by atoms with E-state index < -0.39 is 0 Å². The van der Waals surface area contributed by atoms with Crippen molar-refractivity contribution >= 4 is 33.9 Å². The molecule has 0 saturated carbocycles. The molecule has 0 radical (unpaired) electrons. The van der Waals surface area contributed by atoms with E-state index in [1.807, 2.05) is 4.68 Å². The van der Waals surface area contributed by atoms with E-state index in [0.717, 1.165) is 25.2 Å². The number of halogens is 1. The quantitative estimate of drug-likeness (QED) is 0.832. The molecule has 4 nitrogen and oxygen atoms in total. The smallest absolute Gasteiger partial charge is 0.138 e. The fraction of sp³-hybridized carbons (Fsp3) is 0.455. The van der Waals surface area contributed by atoms with Crippen molar-refractivity contribution in [2.45, 2.75) is 32.4 Å². The van der Waals surface area contributed by atoms with Crippen LogP contribution < -0.4 is 5.73 Å². The topological polar surface area (TPSA) is 56.7 Å². The van der Waals surface area contributed by atoms with Gasteiger partial charge in [0.05, 0.1) is 2.88 Å². The average molecular weight is 362 g/mol. The lowest BCUT2D eigenvalue weighted by Crippen LogP contribution is -2.16. The third-order valence-corrected chi connectivity index (χ3v) is 4.36. The van der Waals surface area contributed by atoms with Gasteiger partial charge < -0.3 is 5.73 Å². The lowest BCUT2D eigenvalue weighted by atomic mass is 10.1. The van der Waals surface area contributed by atoms with Gasteiger partial charge in [0.25, 0.3) is 0 Å². The fourth-order valence-electron chi connectivity index (χ4n) is 1.68. The van der Waals surface area contributed by atoms with E-state index in [0.29, 0.717) is 0 Å². The lowest BCUT2D eigenvalue weighted by molar-refractivity contribution is 0.548. The molecule has 2 N–H and O–H groups in total. The summed E-state index contributed by atoms with van der Waals surface area (Å²) < 4.78 is 3.21. The van der Waals surface area contributed by atoms with Gasteiger partial charge in [-0.2, -0.15) is 5.10 Å². The molecule has 2 aromatic rings. The Labute approximate surface area is 118 Å². The summed E-state index contributed by atoms with van der Waals surface area (Å²) in [4.78, 5) is 4.28. The van der Waals surface area contributed by atoms with Crippen molar-refractivity contribution in [2.24, 2.45) is 5.73 Å². The van der Waals surface area contributed by atoms with Gasteiger partial charge in [-0.15, -0.1) is 11.3 Å². The molecule has 2 heterocycles. The number of hydrogen-bond acceptors (Lipinski definition) is 4. The zero-order valence-electron chi connectivity index (χ0n) is 9.64. The molecule has 0 aliphatic rings. The van der Waals surface area contributed by atoms with Crippen LogP contribution in [-0.2, 0) is 13.0 Å². The molecule has 0 aliphatic heterocycles. The van der Waals surface area contributed by atoms with Gasteiger partial charge in [-0.1, -0.05) is 6.92 Å². The fourth-order valence-corrected chi connectivity index (χ4v) is 3.11. The van der Waals surface area contributed by atoms with Gasteiger partial charge in [0, 0.05) is 19.0 Å². The minimum atomic E-state index is 0.00886. The van der Waals surface area contributed by atoms with Crippen molar-refractivity contribution in [3.05, 3.63) is 32.0 Å². The Morgan fingerprint density at radius 1 is 1.59 bits per heavy atom. The summed E-state index contributed by atoms with van der Waals surface area (Å²) in [6.45, 7) is 3.04. The summed E-state index contributed by atoms with van der Waals surface area (Å²) in [6.07, 6.45) is 3.41. The Morgan fingerprint density at radius 2 is 2.41 bits per heavy atom. The van der Waals surface area contributed by atoms with Crippen LogP contribution in [0.15, 0.2) is 17.8 Å². The van der Waals surface area contributed by atoms with Crippen LogP contribution >= 0.6 is 33.9 Å². The van der Waals surface area contributed by atoms with Crippen LogP contribution in [0.4, 0.5) is 0 Å². The van der Waals surface area contributed by atoms with E-state index in [9.17, 15) is 0 Å². The molecule has 2 aromatic heterocycles. The van der Waals surface area contributed by atoms with Gasteiger partial charge in [0.2, 0.25) is 0 Å². The van der Waals surface area contributed by atoms with Crippen LogP contribution in [0.3, 0.4) is 0 Å². The highest BCUT2D eigenvalue weighted by atomic mass is 127. The summed E-state index contributed by atoms with van der Waals surface area (Å²) in [6, 6.07) is 2.14. The van der Waals surface area contributed by atoms with Crippen molar-refractivity contribution in [3.63, 3.8) is 0 Å². The lowest BCUT2D eigenvalue weighted by Gasteiger charge is -2.10. The summed E-state index contributed by atoms with van der Waals surface area (Å²) in [7, 11) is 0. The number of thiophene rings is 1. The first-order valence-electron chi connectivity index (χ1n) is 5.57. The van der Waals surface area contributed by atoms with Crippen molar-refractivity contribution < 1.29 is 0 Å². The van der Waals surface area contributed by atoms with Crippen molar-refractivity contribution in [1.29, 1.82) is 0 Å². The Kier molecular flexibility index (Phi) is 4.52. The van der Waals surface area contributed by atoms with Gasteiger partial charge in [0.15, 0.2) is 0 Å². The summed E-state index contributed by atoms with van der Waals surface area (Å²) in [5.41, 5.74) is 7.37. The van der Waals surface area contributed by atoms with Gasteiger partial charge in [-0.25, -0.2) is 4.98 Å². The maximum Gasteiger partial charge on any atom is 0.138 e. The predicted octanol–water partition coefficient (Wildman–Crippen LogP) is 2.60. The maximum absolute atomic E-state index is 6.19. The van der Waals surface area contributed by atoms with Crippen molar-refractivity contribution in [1.82, 2.24) is 14.8 Å². The molecule has 1 atom stereocenters. The minimum absolute atomic E-state index is 0.00886. The van der Waals surface area contributed by atoms with Crippen LogP contribution in [0.2, 0.25) is 0 Å². The Morgan fingerprint density at radius 3 is 3.06 bits per heavy atom. The third kappa shape index (κ3) is 3.26. The highest BCUT2D eigenvalue weighted by molar-refractivity contribution is 14.1.